The van der Waals surface area contributed by atoms with Crippen LogP contribution >= 0.6 is 0 Å². The summed E-state index contributed by atoms with van der Waals surface area (Å²) in [5.74, 6) is -3.06. The molecule has 0 amide bonds. The average molecular weight is 261 g/mol. The number of aromatic nitrogens is 1. The summed E-state index contributed by atoms with van der Waals surface area (Å²) in [5, 5.41) is 17.7. The molecule has 0 fully saturated rings. The Balaban J connectivity index is 2.57. The minimum Gasteiger partial charge on any atom is -0.478 e. The number of carbonyl (C=O) groups is 2. The van der Waals surface area contributed by atoms with Crippen molar-refractivity contribution < 1.29 is 24.2 Å². The van der Waals surface area contributed by atoms with E-state index in [1.54, 1.807) is 0 Å². The quantitative estimate of drug-likeness (QED) is 0.884. The number of halogens is 1. The molecule has 1 aromatic carbocycles. The van der Waals surface area contributed by atoms with Gasteiger partial charge in [0.05, 0.1) is 5.56 Å². The third-order valence-corrected chi connectivity index (χ3v) is 2.50. The van der Waals surface area contributed by atoms with Gasteiger partial charge < -0.3 is 10.2 Å². The van der Waals surface area contributed by atoms with Crippen LogP contribution in [-0.4, -0.2) is 27.1 Å². The molecule has 0 aliphatic rings. The number of rotatable bonds is 3. The molecule has 0 atom stereocenters. The maximum atomic E-state index is 13.7. The van der Waals surface area contributed by atoms with Crippen molar-refractivity contribution in [3.8, 4) is 11.1 Å². The third-order valence-electron chi connectivity index (χ3n) is 2.50. The highest BCUT2D eigenvalue weighted by Crippen LogP contribution is 2.24. The van der Waals surface area contributed by atoms with Gasteiger partial charge in [0.2, 0.25) is 0 Å². The maximum Gasteiger partial charge on any atom is 0.354 e. The van der Waals surface area contributed by atoms with E-state index in [0.29, 0.717) is 0 Å². The van der Waals surface area contributed by atoms with Crippen LogP contribution in [0.3, 0.4) is 0 Å². The molecule has 2 N–H and O–H groups in total. The highest BCUT2D eigenvalue weighted by molar-refractivity contribution is 5.90. The number of carboxylic acid groups (broad SMARTS) is 2. The maximum absolute atomic E-state index is 13.7. The van der Waals surface area contributed by atoms with Crippen molar-refractivity contribution in [1.29, 1.82) is 0 Å². The molecule has 0 saturated heterocycles. The van der Waals surface area contributed by atoms with Gasteiger partial charge in [0.25, 0.3) is 0 Å². The highest BCUT2D eigenvalue weighted by atomic mass is 19.1. The number of hydrogen-bond donors (Lipinski definition) is 2. The van der Waals surface area contributed by atoms with Gasteiger partial charge >= 0.3 is 11.9 Å². The Morgan fingerprint density at radius 1 is 1.05 bits per heavy atom. The van der Waals surface area contributed by atoms with Gasteiger partial charge in [-0.2, -0.15) is 0 Å². The first-order valence-electron chi connectivity index (χ1n) is 5.21. The largest absolute Gasteiger partial charge is 0.478 e. The van der Waals surface area contributed by atoms with Crippen LogP contribution in [0.15, 0.2) is 36.5 Å². The smallest absolute Gasteiger partial charge is 0.354 e. The van der Waals surface area contributed by atoms with Gasteiger partial charge in [-0.15, -0.1) is 0 Å². The van der Waals surface area contributed by atoms with Crippen LogP contribution in [0.1, 0.15) is 20.8 Å². The SMILES string of the molecule is O=C(O)c1ccc(F)c(-c2ccnc(C(=O)O)c2)c1. The predicted octanol–water partition coefficient (Wildman–Crippen LogP) is 2.28. The molecule has 0 saturated carbocycles. The van der Waals surface area contributed by atoms with E-state index in [4.69, 9.17) is 10.2 Å². The van der Waals surface area contributed by atoms with Gasteiger partial charge in [-0.25, -0.2) is 19.0 Å². The molecular formula is C13H8FNO4. The van der Waals surface area contributed by atoms with Gasteiger partial charge in [0, 0.05) is 11.8 Å². The van der Waals surface area contributed by atoms with E-state index in [9.17, 15) is 14.0 Å². The Kier molecular flexibility index (Phi) is 3.24. The fourth-order valence-electron chi connectivity index (χ4n) is 1.59. The Labute approximate surface area is 107 Å². The molecular weight excluding hydrogens is 253 g/mol. The highest BCUT2D eigenvalue weighted by Gasteiger charge is 2.12. The lowest BCUT2D eigenvalue weighted by Gasteiger charge is -2.05. The zero-order chi connectivity index (χ0) is 14.0. The van der Waals surface area contributed by atoms with E-state index in [1.807, 2.05) is 0 Å². The first-order valence-corrected chi connectivity index (χ1v) is 5.21. The van der Waals surface area contributed by atoms with Crippen LogP contribution in [0.5, 0.6) is 0 Å². The molecule has 0 bridgehead atoms. The van der Waals surface area contributed by atoms with Crippen LogP contribution in [0.2, 0.25) is 0 Å². The van der Waals surface area contributed by atoms with Crippen LogP contribution in [0.4, 0.5) is 4.39 Å². The van der Waals surface area contributed by atoms with Gasteiger partial charge in [-0.1, -0.05) is 0 Å². The molecule has 2 aromatic rings. The molecule has 0 aliphatic heterocycles. The van der Waals surface area contributed by atoms with E-state index >= 15 is 0 Å². The van der Waals surface area contributed by atoms with Crippen LogP contribution in [0, 0.1) is 5.82 Å². The standard InChI is InChI=1S/C13H8FNO4/c14-10-2-1-8(12(16)17)5-9(10)7-3-4-15-11(6-7)13(18)19/h1-6H,(H,16,17)(H,18,19). The van der Waals surface area contributed by atoms with E-state index in [0.717, 1.165) is 18.2 Å². The number of carboxylic acids is 2. The summed E-state index contributed by atoms with van der Waals surface area (Å²) in [6.07, 6.45) is 1.23. The molecule has 1 aromatic heterocycles. The number of nitrogens with zero attached hydrogens (tertiary/aromatic N) is 1. The van der Waals surface area contributed by atoms with Crippen molar-refractivity contribution in [1.82, 2.24) is 4.98 Å². The van der Waals surface area contributed by atoms with Crippen molar-refractivity contribution >= 4 is 11.9 Å². The first kappa shape index (κ1) is 12.7. The second-order valence-corrected chi connectivity index (χ2v) is 3.73. The topological polar surface area (TPSA) is 87.5 Å². The Morgan fingerprint density at radius 3 is 2.42 bits per heavy atom. The molecule has 19 heavy (non-hydrogen) atoms. The van der Waals surface area contributed by atoms with Crippen LogP contribution in [0.25, 0.3) is 11.1 Å². The van der Waals surface area contributed by atoms with Gasteiger partial charge in [-0.05, 0) is 35.9 Å². The summed E-state index contributed by atoms with van der Waals surface area (Å²) in [4.78, 5) is 25.2. The molecule has 96 valence electrons. The van der Waals surface area contributed by atoms with Crippen LogP contribution < -0.4 is 0 Å². The zero-order valence-corrected chi connectivity index (χ0v) is 9.50. The summed E-state index contributed by atoms with van der Waals surface area (Å²) in [6, 6.07) is 5.92. The lowest BCUT2D eigenvalue weighted by Crippen LogP contribution is -2.01. The van der Waals surface area contributed by atoms with Gasteiger partial charge in [-0.3, -0.25) is 0 Å². The average Bonchev–Trinajstić information content (AvgIpc) is 2.39. The van der Waals surface area contributed by atoms with Gasteiger partial charge in [0.15, 0.2) is 0 Å². The number of pyridine rings is 1. The molecule has 1 heterocycles. The Bertz CT molecular complexity index is 669. The van der Waals surface area contributed by atoms with E-state index in [-0.39, 0.29) is 22.4 Å². The zero-order valence-electron chi connectivity index (χ0n) is 9.50. The number of hydrogen-bond acceptors (Lipinski definition) is 3. The molecule has 2 rings (SSSR count). The van der Waals surface area contributed by atoms with E-state index < -0.39 is 17.8 Å². The van der Waals surface area contributed by atoms with Crippen LogP contribution in [-0.2, 0) is 0 Å². The summed E-state index contributed by atoms with van der Waals surface area (Å²) < 4.78 is 13.7. The van der Waals surface area contributed by atoms with Crippen molar-refractivity contribution in [2.45, 2.75) is 0 Å². The lowest BCUT2D eigenvalue weighted by molar-refractivity contribution is 0.0682. The van der Waals surface area contributed by atoms with Crippen molar-refractivity contribution in [2.24, 2.45) is 0 Å². The minimum atomic E-state index is -1.24. The summed E-state index contributed by atoms with van der Waals surface area (Å²) in [7, 11) is 0. The Morgan fingerprint density at radius 2 is 1.79 bits per heavy atom. The minimum absolute atomic E-state index is 0.0183. The number of benzene rings is 1. The van der Waals surface area contributed by atoms with Crippen molar-refractivity contribution in [2.75, 3.05) is 0 Å². The summed E-state index contributed by atoms with van der Waals surface area (Å²) in [6.45, 7) is 0. The Hall–Kier alpha value is -2.76. The normalized spacial score (nSPS) is 10.2. The fraction of sp³-hybridized carbons (Fsp3) is 0. The van der Waals surface area contributed by atoms with Gasteiger partial charge in [0.1, 0.15) is 11.5 Å². The third kappa shape index (κ3) is 2.57. The molecule has 0 aliphatic carbocycles. The molecule has 0 spiro atoms. The summed E-state index contributed by atoms with van der Waals surface area (Å²) >= 11 is 0. The lowest BCUT2D eigenvalue weighted by atomic mass is 10.0. The molecule has 0 radical (unpaired) electrons. The molecule has 5 nitrogen and oxygen atoms in total. The van der Waals surface area contributed by atoms with Crippen molar-refractivity contribution in [3.05, 3.63) is 53.6 Å². The second-order valence-electron chi connectivity index (χ2n) is 3.73. The predicted molar refractivity (Wildman–Crippen MR) is 63.5 cm³/mol. The summed E-state index contributed by atoms with van der Waals surface area (Å²) in [5.41, 5.74) is -0.0412. The first-order chi connectivity index (χ1) is 8.99. The van der Waals surface area contributed by atoms with E-state index in [1.165, 1.54) is 18.3 Å². The van der Waals surface area contributed by atoms with Crippen molar-refractivity contribution in [3.63, 3.8) is 0 Å². The monoisotopic (exact) mass is 261 g/mol. The number of aromatic carboxylic acids is 2. The second kappa shape index (κ2) is 4.85. The fourth-order valence-corrected chi connectivity index (χ4v) is 1.59. The molecule has 6 heteroatoms. The van der Waals surface area contributed by atoms with E-state index in [2.05, 4.69) is 4.98 Å². The molecule has 0 unspecified atom stereocenters.